The fourth-order valence-electron chi connectivity index (χ4n) is 2.56. The van der Waals surface area contributed by atoms with Gasteiger partial charge in [-0.1, -0.05) is 18.2 Å². The molecular formula is C16H16N4O. The lowest BCUT2D eigenvalue weighted by atomic mass is 9.98. The van der Waals surface area contributed by atoms with E-state index in [1.54, 1.807) is 12.4 Å². The van der Waals surface area contributed by atoms with Crippen molar-refractivity contribution in [1.82, 2.24) is 9.97 Å². The summed E-state index contributed by atoms with van der Waals surface area (Å²) in [4.78, 5) is 20.9. The standard InChI is InChI=1S/C16H16N4O/c1-20(2)15-11(4-3-5-12(15)16(17)21)10-6-7-13-14(8-10)19-9-18-13/h3-9H,1-2H3,(H2,17,21)(H,18,19). The van der Waals surface area contributed by atoms with Crippen LogP contribution in [0, 0.1) is 0 Å². The van der Waals surface area contributed by atoms with Crippen molar-refractivity contribution in [2.24, 2.45) is 5.73 Å². The number of amides is 1. The molecule has 0 fully saturated rings. The summed E-state index contributed by atoms with van der Waals surface area (Å²) < 4.78 is 0. The first-order valence-corrected chi connectivity index (χ1v) is 6.61. The number of H-pyrrole nitrogens is 1. The molecule has 0 radical (unpaired) electrons. The van der Waals surface area contributed by atoms with E-state index >= 15 is 0 Å². The van der Waals surface area contributed by atoms with Crippen LogP contribution < -0.4 is 10.6 Å². The Morgan fingerprint density at radius 2 is 2.05 bits per heavy atom. The maximum atomic E-state index is 11.7. The Balaban J connectivity index is 2.25. The second-order valence-electron chi connectivity index (χ2n) is 5.09. The van der Waals surface area contributed by atoms with Gasteiger partial charge in [-0.05, 0) is 23.8 Å². The summed E-state index contributed by atoms with van der Waals surface area (Å²) in [6.45, 7) is 0. The van der Waals surface area contributed by atoms with Gasteiger partial charge in [-0.25, -0.2) is 4.98 Å². The van der Waals surface area contributed by atoms with E-state index in [1.165, 1.54) is 0 Å². The van der Waals surface area contributed by atoms with Crippen LogP contribution in [0.5, 0.6) is 0 Å². The normalized spacial score (nSPS) is 10.8. The van der Waals surface area contributed by atoms with Gasteiger partial charge in [0.25, 0.3) is 5.91 Å². The molecule has 0 atom stereocenters. The van der Waals surface area contributed by atoms with E-state index in [2.05, 4.69) is 9.97 Å². The minimum absolute atomic E-state index is 0.428. The summed E-state index contributed by atoms with van der Waals surface area (Å²) in [6.07, 6.45) is 1.67. The fraction of sp³-hybridized carbons (Fsp3) is 0.125. The smallest absolute Gasteiger partial charge is 0.250 e. The van der Waals surface area contributed by atoms with Crippen molar-refractivity contribution in [2.75, 3.05) is 19.0 Å². The molecule has 3 N–H and O–H groups in total. The number of rotatable bonds is 3. The maximum Gasteiger partial charge on any atom is 0.250 e. The van der Waals surface area contributed by atoms with Gasteiger partial charge in [0.15, 0.2) is 0 Å². The number of aromatic nitrogens is 2. The van der Waals surface area contributed by atoms with E-state index in [0.29, 0.717) is 5.56 Å². The van der Waals surface area contributed by atoms with E-state index in [9.17, 15) is 4.79 Å². The largest absolute Gasteiger partial charge is 0.377 e. The van der Waals surface area contributed by atoms with Gasteiger partial charge in [0.2, 0.25) is 0 Å². The van der Waals surface area contributed by atoms with Gasteiger partial charge in [-0.2, -0.15) is 0 Å². The Labute approximate surface area is 122 Å². The average Bonchev–Trinajstić information content (AvgIpc) is 2.93. The average molecular weight is 280 g/mol. The predicted molar refractivity (Wildman–Crippen MR) is 84.4 cm³/mol. The second kappa shape index (κ2) is 4.94. The number of nitrogens with two attached hydrogens (primary N) is 1. The molecule has 1 heterocycles. The molecule has 0 saturated heterocycles. The molecule has 106 valence electrons. The van der Waals surface area contributed by atoms with Gasteiger partial charge < -0.3 is 15.6 Å². The molecule has 0 spiro atoms. The summed E-state index contributed by atoms with van der Waals surface area (Å²) in [5.74, 6) is -0.428. The number of fused-ring (bicyclic) bond motifs is 1. The molecule has 5 nitrogen and oxygen atoms in total. The van der Waals surface area contributed by atoms with Crippen LogP contribution in [0.2, 0.25) is 0 Å². The van der Waals surface area contributed by atoms with Crippen molar-refractivity contribution < 1.29 is 4.79 Å². The van der Waals surface area contributed by atoms with Crippen LogP contribution >= 0.6 is 0 Å². The number of aromatic amines is 1. The Kier molecular flexibility index (Phi) is 3.10. The van der Waals surface area contributed by atoms with E-state index < -0.39 is 5.91 Å². The molecule has 5 heteroatoms. The highest BCUT2D eigenvalue weighted by Gasteiger charge is 2.15. The van der Waals surface area contributed by atoms with Gasteiger partial charge in [-0.15, -0.1) is 0 Å². The summed E-state index contributed by atoms with van der Waals surface area (Å²) in [6, 6.07) is 11.6. The van der Waals surface area contributed by atoms with Crippen LogP contribution in [-0.4, -0.2) is 30.0 Å². The maximum absolute atomic E-state index is 11.7. The molecule has 3 rings (SSSR count). The third-order valence-corrected chi connectivity index (χ3v) is 3.48. The molecule has 3 aromatic rings. The Bertz CT molecular complexity index is 820. The lowest BCUT2D eigenvalue weighted by Gasteiger charge is -2.20. The number of para-hydroxylation sites is 1. The van der Waals surface area contributed by atoms with Gasteiger partial charge in [0.1, 0.15) is 0 Å². The van der Waals surface area contributed by atoms with Gasteiger partial charge in [0, 0.05) is 19.7 Å². The summed E-state index contributed by atoms with van der Waals surface area (Å²) >= 11 is 0. The number of imidazole rings is 1. The number of hydrogen-bond donors (Lipinski definition) is 2. The molecule has 1 aromatic heterocycles. The number of benzene rings is 2. The minimum atomic E-state index is -0.428. The van der Waals surface area contributed by atoms with Gasteiger partial charge in [-0.3, -0.25) is 4.79 Å². The highest BCUT2D eigenvalue weighted by Crippen LogP contribution is 2.33. The van der Waals surface area contributed by atoms with Crippen molar-refractivity contribution in [1.29, 1.82) is 0 Å². The Morgan fingerprint density at radius 1 is 1.24 bits per heavy atom. The second-order valence-corrected chi connectivity index (χ2v) is 5.09. The van der Waals surface area contributed by atoms with Crippen LogP contribution in [-0.2, 0) is 0 Å². The van der Waals surface area contributed by atoms with Crippen LogP contribution in [0.3, 0.4) is 0 Å². The highest BCUT2D eigenvalue weighted by atomic mass is 16.1. The van der Waals surface area contributed by atoms with E-state index in [4.69, 9.17) is 5.73 Å². The highest BCUT2D eigenvalue weighted by molar-refractivity contribution is 6.03. The number of hydrogen-bond acceptors (Lipinski definition) is 3. The Morgan fingerprint density at radius 3 is 2.76 bits per heavy atom. The first-order valence-electron chi connectivity index (χ1n) is 6.61. The van der Waals surface area contributed by atoms with Crippen LogP contribution in [0.15, 0.2) is 42.7 Å². The molecule has 0 aliphatic rings. The van der Waals surface area contributed by atoms with Crippen LogP contribution in [0.4, 0.5) is 5.69 Å². The first kappa shape index (κ1) is 13.2. The zero-order valence-electron chi connectivity index (χ0n) is 11.9. The van der Waals surface area contributed by atoms with Crippen molar-refractivity contribution in [3.8, 4) is 11.1 Å². The van der Waals surface area contributed by atoms with E-state index in [-0.39, 0.29) is 0 Å². The zero-order chi connectivity index (χ0) is 15.0. The lowest BCUT2D eigenvalue weighted by Crippen LogP contribution is -2.19. The predicted octanol–water partition coefficient (Wildman–Crippen LogP) is 2.39. The first-order chi connectivity index (χ1) is 10.1. The number of anilines is 1. The SMILES string of the molecule is CN(C)c1c(C(N)=O)cccc1-c1ccc2nc[nH]c2c1. The molecule has 0 aliphatic heterocycles. The minimum Gasteiger partial charge on any atom is -0.377 e. The monoisotopic (exact) mass is 280 g/mol. The number of nitrogens with zero attached hydrogens (tertiary/aromatic N) is 2. The van der Waals surface area contributed by atoms with Crippen molar-refractivity contribution in [3.63, 3.8) is 0 Å². The zero-order valence-corrected chi connectivity index (χ0v) is 11.9. The van der Waals surface area contributed by atoms with Gasteiger partial charge in [0.05, 0.1) is 28.6 Å². The molecule has 21 heavy (non-hydrogen) atoms. The van der Waals surface area contributed by atoms with Crippen molar-refractivity contribution >= 4 is 22.6 Å². The molecule has 0 saturated carbocycles. The van der Waals surface area contributed by atoms with E-state index in [1.807, 2.05) is 49.3 Å². The molecule has 1 amide bonds. The third kappa shape index (κ3) is 2.23. The summed E-state index contributed by atoms with van der Waals surface area (Å²) in [5.41, 5.74) is 10.7. The topological polar surface area (TPSA) is 75.0 Å². The number of carbonyl (C=O) groups is 1. The lowest BCUT2D eigenvalue weighted by molar-refractivity contribution is 0.100. The summed E-state index contributed by atoms with van der Waals surface area (Å²) in [5, 5.41) is 0. The molecule has 0 bridgehead atoms. The molecule has 0 unspecified atom stereocenters. The molecule has 0 aliphatic carbocycles. The fourth-order valence-corrected chi connectivity index (χ4v) is 2.56. The third-order valence-electron chi connectivity index (χ3n) is 3.48. The summed E-state index contributed by atoms with van der Waals surface area (Å²) in [7, 11) is 3.81. The van der Waals surface area contributed by atoms with Crippen LogP contribution in [0.25, 0.3) is 22.2 Å². The van der Waals surface area contributed by atoms with Crippen molar-refractivity contribution in [3.05, 3.63) is 48.3 Å². The number of primary amides is 1. The van der Waals surface area contributed by atoms with Crippen molar-refractivity contribution in [2.45, 2.75) is 0 Å². The quantitative estimate of drug-likeness (QED) is 0.773. The Hall–Kier alpha value is -2.82. The molecular weight excluding hydrogens is 264 g/mol. The van der Waals surface area contributed by atoms with Gasteiger partial charge >= 0.3 is 0 Å². The number of nitrogens with one attached hydrogen (secondary N) is 1. The van der Waals surface area contributed by atoms with Crippen LogP contribution in [0.1, 0.15) is 10.4 Å². The molecule has 2 aromatic carbocycles. The van der Waals surface area contributed by atoms with E-state index in [0.717, 1.165) is 27.8 Å². The number of carbonyl (C=O) groups excluding carboxylic acids is 1.